The molecule has 3 unspecified atom stereocenters. The van der Waals surface area contributed by atoms with Crippen molar-refractivity contribution >= 4 is 0 Å². The van der Waals surface area contributed by atoms with Crippen LogP contribution >= 0.6 is 0 Å². The van der Waals surface area contributed by atoms with E-state index in [1.807, 2.05) is 0 Å². The first-order valence-corrected chi connectivity index (χ1v) is 7.67. The lowest BCUT2D eigenvalue weighted by Crippen LogP contribution is -2.52. The summed E-state index contributed by atoms with van der Waals surface area (Å²) in [6.45, 7) is 5.35. The normalized spacial score (nSPS) is 36.6. The number of nitriles is 1. The highest BCUT2D eigenvalue weighted by molar-refractivity contribution is 5.11. The molecular formula is C15H28N4. The molecule has 1 heterocycles. The number of nitrogens with zero attached hydrogens (tertiary/aromatic N) is 3. The zero-order valence-electron chi connectivity index (χ0n) is 12.7. The van der Waals surface area contributed by atoms with Gasteiger partial charge in [0.2, 0.25) is 0 Å². The minimum atomic E-state index is -0.270. The molecule has 0 aromatic carbocycles. The van der Waals surface area contributed by atoms with Gasteiger partial charge in [-0.3, -0.25) is 10.2 Å². The van der Waals surface area contributed by atoms with Crippen molar-refractivity contribution in [2.45, 2.75) is 56.7 Å². The molecular weight excluding hydrogens is 236 g/mol. The van der Waals surface area contributed by atoms with E-state index >= 15 is 0 Å². The third-order valence-corrected chi connectivity index (χ3v) is 4.90. The van der Waals surface area contributed by atoms with E-state index in [0.717, 1.165) is 19.4 Å². The summed E-state index contributed by atoms with van der Waals surface area (Å²) in [5, 5.41) is 13.0. The number of nitrogens with one attached hydrogen (secondary N) is 1. The minimum absolute atomic E-state index is 0.270. The smallest absolute Gasteiger partial charge is 0.108 e. The highest BCUT2D eigenvalue weighted by Crippen LogP contribution is 2.32. The van der Waals surface area contributed by atoms with Gasteiger partial charge in [0.05, 0.1) is 6.07 Å². The van der Waals surface area contributed by atoms with Crippen LogP contribution in [0.2, 0.25) is 0 Å². The van der Waals surface area contributed by atoms with Crippen molar-refractivity contribution < 1.29 is 0 Å². The summed E-state index contributed by atoms with van der Waals surface area (Å²) in [5.41, 5.74) is -0.270. The third-order valence-electron chi connectivity index (χ3n) is 4.90. The Morgan fingerprint density at radius 3 is 2.79 bits per heavy atom. The van der Waals surface area contributed by atoms with Crippen LogP contribution in [0.5, 0.6) is 0 Å². The fraction of sp³-hybridized carbons (Fsp3) is 0.933. The minimum Gasteiger partial charge on any atom is -0.305 e. The fourth-order valence-electron chi connectivity index (χ4n) is 3.72. The standard InChI is InChI=1S/C15H28N4/c1-4-17-15(12-16)8-5-6-13(10-15)19-9-7-14(11-19)18(2)3/h13-14,17H,4-11H2,1-3H3. The van der Waals surface area contributed by atoms with Gasteiger partial charge < -0.3 is 4.90 Å². The first-order chi connectivity index (χ1) is 9.10. The lowest BCUT2D eigenvalue weighted by molar-refractivity contribution is 0.136. The van der Waals surface area contributed by atoms with Crippen molar-refractivity contribution in [2.75, 3.05) is 33.7 Å². The predicted molar refractivity (Wildman–Crippen MR) is 77.9 cm³/mol. The Bertz CT molecular complexity index is 332. The molecule has 0 bridgehead atoms. The molecule has 0 aromatic heterocycles. The summed E-state index contributed by atoms with van der Waals surface area (Å²) in [5.74, 6) is 0. The SMILES string of the molecule is CCNC1(C#N)CCCC(N2CCC(N(C)C)C2)C1. The Hall–Kier alpha value is -0.630. The maximum Gasteiger partial charge on any atom is 0.108 e. The largest absolute Gasteiger partial charge is 0.305 e. The van der Waals surface area contributed by atoms with E-state index in [9.17, 15) is 5.26 Å². The van der Waals surface area contributed by atoms with Crippen LogP contribution in [0, 0.1) is 11.3 Å². The van der Waals surface area contributed by atoms with Gasteiger partial charge in [0.25, 0.3) is 0 Å². The fourth-order valence-corrected chi connectivity index (χ4v) is 3.72. The molecule has 0 radical (unpaired) electrons. The molecule has 0 aromatic rings. The molecule has 1 aliphatic carbocycles. The molecule has 19 heavy (non-hydrogen) atoms. The molecule has 0 spiro atoms. The van der Waals surface area contributed by atoms with Crippen molar-refractivity contribution in [1.82, 2.24) is 15.1 Å². The number of likely N-dealkylation sites (tertiary alicyclic amines) is 1. The summed E-state index contributed by atoms with van der Waals surface area (Å²) in [4.78, 5) is 4.96. The lowest BCUT2D eigenvalue weighted by Gasteiger charge is -2.40. The van der Waals surface area contributed by atoms with Gasteiger partial charge >= 0.3 is 0 Å². The van der Waals surface area contributed by atoms with Crippen LogP contribution < -0.4 is 5.32 Å². The van der Waals surface area contributed by atoms with Gasteiger partial charge in [0.1, 0.15) is 5.54 Å². The molecule has 2 rings (SSSR count). The quantitative estimate of drug-likeness (QED) is 0.834. The van der Waals surface area contributed by atoms with Gasteiger partial charge in [-0.25, -0.2) is 0 Å². The molecule has 1 aliphatic heterocycles. The molecule has 2 fully saturated rings. The molecule has 4 nitrogen and oxygen atoms in total. The summed E-state index contributed by atoms with van der Waals surface area (Å²) >= 11 is 0. The van der Waals surface area contributed by atoms with E-state index in [-0.39, 0.29) is 5.54 Å². The van der Waals surface area contributed by atoms with Gasteiger partial charge in [-0.15, -0.1) is 0 Å². The first kappa shape index (κ1) is 14.8. The van der Waals surface area contributed by atoms with E-state index in [4.69, 9.17) is 0 Å². The summed E-state index contributed by atoms with van der Waals surface area (Å²) in [7, 11) is 4.35. The summed E-state index contributed by atoms with van der Waals surface area (Å²) in [6.07, 6.45) is 5.71. The monoisotopic (exact) mass is 264 g/mol. The summed E-state index contributed by atoms with van der Waals surface area (Å²) < 4.78 is 0. The van der Waals surface area contributed by atoms with E-state index in [1.54, 1.807) is 0 Å². The predicted octanol–water partition coefficient (Wildman–Crippen LogP) is 1.44. The van der Waals surface area contributed by atoms with Crippen LogP contribution in [0.4, 0.5) is 0 Å². The zero-order valence-corrected chi connectivity index (χ0v) is 12.7. The highest BCUT2D eigenvalue weighted by Gasteiger charge is 2.39. The molecule has 1 N–H and O–H groups in total. The summed E-state index contributed by atoms with van der Waals surface area (Å²) in [6, 6.07) is 3.84. The average molecular weight is 264 g/mol. The maximum absolute atomic E-state index is 9.53. The van der Waals surface area contributed by atoms with Crippen LogP contribution in [0.3, 0.4) is 0 Å². The topological polar surface area (TPSA) is 42.3 Å². The van der Waals surface area contributed by atoms with Crippen LogP contribution in [-0.2, 0) is 0 Å². The van der Waals surface area contributed by atoms with Gasteiger partial charge in [0.15, 0.2) is 0 Å². The Balaban J connectivity index is 1.96. The molecule has 3 atom stereocenters. The third kappa shape index (κ3) is 3.28. The van der Waals surface area contributed by atoms with Gasteiger partial charge in [-0.2, -0.15) is 5.26 Å². The maximum atomic E-state index is 9.53. The molecule has 1 saturated carbocycles. The second-order valence-corrected chi connectivity index (χ2v) is 6.38. The van der Waals surface area contributed by atoms with Gasteiger partial charge in [-0.05, 0) is 52.7 Å². The Morgan fingerprint density at radius 1 is 1.42 bits per heavy atom. The van der Waals surface area contributed by atoms with Crippen LogP contribution in [-0.4, -0.2) is 61.2 Å². The van der Waals surface area contributed by atoms with Crippen LogP contribution in [0.1, 0.15) is 39.0 Å². The number of hydrogen-bond donors (Lipinski definition) is 1. The number of rotatable bonds is 4. The first-order valence-electron chi connectivity index (χ1n) is 7.67. The number of hydrogen-bond acceptors (Lipinski definition) is 4. The second-order valence-electron chi connectivity index (χ2n) is 6.38. The molecule has 4 heteroatoms. The van der Waals surface area contributed by atoms with E-state index < -0.39 is 0 Å². The highest BCUT2D eigenvalue weighted by atomic mass is 15.2. The van der Waals surface area contributed by atoms with E-state index in [0.29, 0.717) is 12.1 Å². The van der Waals surface area contributed by atoms with Crippen LogP contribution in [0.15, 0.2) is 0 Å². The Morgan fingerprint density at radius 2 is 2.21 bits per heavy atom. The average Bonchev–Trinajstić information content (AvgIpc) is 2.89. The van der Waals surface area contributed by atoms with Crippen molar-refractivity contribution in [3.8, 4) is 6.07 Å². The Labute approximate surface area is 117 Å². The molecule has 0 amide bonds. The van der Waals surface area contributed by atoms with Crippen molar-refractivity contribution in [3.63, 3.8) is 0 Å². The van der Waals surface area contributed by atoms with E-state index in [1.165, 1.54) is 32.4 Å². The second kappa shape index (κ2) is 6.21. The van der Waals surface area contributed by atoms with E-state index in [2.05, 4.69) is 42.2 Å². The zero-order chi connectivity index (χ0) is 13.9. The molecule has 108 valence electrons. The van der Waals surface area contributed by atoms with Gasteiger partial charge in [-0.1, -0.05) is 6.92 Å². The van der Waals surface area contributed by atoms with Crippen LogP contribution in [0.25, 0.3) is 0 Å². The van der Waals surface area contributed by atoms with Crippen molar-refractivity contribution in [1.29, 1.82) is 5.26 Å². The lowest BCUT2D eigenvalue weighted by atomic mass is 9.79. The van der Waals surface area contributed by atoms with Crippen molar-refractivity contribution in [2.24, 2.45) is 0 Å². The molecule has 1 saturated heterocycles. The number of likely N-dealkylation sites (N-methyl/N-ethyl adjacent to an activating group) is 1. The van der Waals surface area contributed by atoms with Gasteiger partial charge in [0, 0.05) is 25.2 Å². The molecule has 2 aliphatic rings. The van der Waals surface area contributed by atoms with Crippen molar-refractivity contribution in [3.05, 3.63) is 0 Å². The Kier molecular flexibility index (Phi) is 4.83.